The summed E-state index contributed by atoms with van der Waals surface area (Å²) in [5.74, 6) is 0.191. The average Bonchev–Trinajstić information content (AvgIpc) is 2.11. The maximum atomic E-state index is 10.7. The fourth-order valence-corrected chi connectivity index (χ4v) is 2.90. The molecule has 0 amide bonds. The van der Waals surface area contributed by atoms with E-state index in [9.17, 15) is 5.11 Å². The Kier molecular flexibility index (Phi) is 2.91. The van der Waals surface area contributed by atoms with Gasteiger partial charge in [-0.3, -0.25) is 0 Å². The lowest BCUT2D eigenvalue weighted by Gasteiger charge is -2.50. The summed E-state index contributed by atoms with van der Waals surface area (Å²) in [6.45, 7) is 10.2. The summed E-state index contributed by atoms with van der Waals surface area (Å²) < 4.78 is 0. The van der Waals surface area contributed by atoms with Crippen LogP contribution in [0.5, 0.6) is 0 Å². The number of nitrogens with zero attached hydrogens (tertiary/aromatic N) is 1. The van der Waals surface area contributed by atoms with E-state index in [0.29, 0.717) is 5.41 Å². The van der Waals surface area contributed by atoms with Crippen LogP contribution in [0, 0.1) is 28.1 Å². The standard InChI is InChI=1S/C13H23NO/c1-10-8-11(2,3)6-7-13(10,15)12(4,5)9-14/h10,15H,6-8H2,1-5H3. The molecular formula is C13H23NO. The van der Waals surface area contributed by atoms with Crippen molar-refractivity contribution < 1.29 is 5.11 Å². The van der Waals surface area contributed by atoms with E-state index in [1.54, 1.807) is 0 Å². The minimum Gasteiger partial charge on any atom is -0.388 e. The second kappa shape index (κ2) is 3.49. The summed E-state index contributed by atoms with van der Waals surface area (Å²) in [7, 11) is 0. The van der Waals surface area contributed by atoms with Gasteiger partial charge in [-0.2, -0.15) is 5.26 Å². The van der Waals surface area contributed by atoms with Gasteiger partial charge in [-0.1, -0.05) is 20.8 Å². The predicted octanol–water partition coefficient (Wildman–Crippen LogP) is 3.11. The van der Waals surface area contributed by atoms with Crippen LogP contribution in [0.4, 0.5) is 0 Å². The Morgan fingerprint density at radius 2 is 1.87 bits per heavy atom. The van der Waals surface area contributed by atoms with Gasteiger partial charge in [-0.25, -0.2) is 0 Å². The molecule has 0 saturated heterocycles. The lowest BCUT2D eigenvalue weighted by Crippen LogP contribution is -2.53. The smallest absolute Gasteiger partial charge is 0.0853 e. The summed E-state index contributed by atoms with van der Waals surface area (Å²) in [5, 5.41) is 19.8. The van der Waals surface area contributed by atoms with Gasteiger partial charge in [0.1, 0.15) is 0 Å². The highest BCUT2D eigenvalue weighted by molar-refractivity contribution is 5.11. The second-order valence-electron chi connectivity index (χ2n) is 6.43. The Morgan fingerprint density at radius 1 is 1.33 bits per heavy atom. The summed E-state index contributed by atoms with van der Waals surface area (Å²) in [6, 6.07) is 2.26. The Bertz CT molecular complexity index is 287. The molecule has 1 rings (SSSR count). The number of aliphatic hydroxyl groups is 1. The highest BCUT2D eigenvalue weighted by atomic mass is 16.3. The van der Waals surface area contributed by atoms with E-state index in [1.165, 1.54) is 0 Å². The third-order valence-corrected chi connectivity index (χ3v) is 4.22. The molecule has 1 aliphatic rings. The third kappa shape index (κ3) is 2.03. The molecule has 0 bridgehead atoms. The van der Waals surface area contributed by atoms with Gasteiger partial charge >= 0.3 is 0 Å². The van der Waals surface area contributed by atoms with Gasteiger partial charge in [-0.05, 0) is 44.4 Å². The largest absolute Gasteiger partial charge is 0.388 e. The third-order valence-electron chi connectivity index (χ3n) is 4.22. The molecule has 0 radical (unpaired) electrons. The number of rotatable bonds is 1. The van der Waals surface area contributed by atoms with Gasteiger partial charge < -0.3 is 5.11 Å². The first-order valence-electron chi connectivity index (χ1n) is 5.78. The molecule has 0 spiro atoms. The average molecular weight is 209 g/mol. The molecule has 0 heterocycles. The minimum absolute atomic E-state index is 0.191. The Morgan fingerprint density at radius 3 is 2.27 bits per heavy atom. The minimum atomic E-state index is -0.822. The van der Waals surface area contributed by atoms with Crippen LogP contribution in [-0.2, 0) is 0 Å². The van der Waals surface area contributed by atoms with Crippen molar-refractivity contribution in [3.63, 3.8) is 0 Å². The van der Waals surface area contributed by atoms with Crippen LogP contribution in [0.1, 0.15) is 53.9 Å². The molecule has 1 N–H and O–H groups in total. The van der Waals surface area contributed by atoms with Gasteiger partial charge in [0, 0.05) is 0 Å². The van der Waals surface area contributed by atoms with Crippen molar-refractivity contribution in [3.8, 4) is 6.07 Å². The van der Waals surface area contributed by atoms with Crippen molar-refractivity contribution in [3.05, 3.63) is 0 Å². The van der Waals surface area contributed by atoms with Gasteiger partial charge in [0.15, 0.2) is 0 Å². The van der Waals surface area contributed by atoms with Crippen molar-refractivity contribution in [2.45, 2.75) is 59.5 Å². The first-order chi connectivity index (χ1) is 6.65. The maximum Gasteiger partial charge on any atom is 0.0853 e. The first-order valence-corrected chi connectivity index (χ1v) is 5.78. The molecular weight excluding hydrogens is 186 g/mol. The van der Waals surface area contributed by atoms with Crippen molar-refractivity contribution in [2.24, 2.45) is 16.7 Å². The van der Waals surface area contributed by atoms with E-state index in [2.05, 4.69) is 26.8 Å². The van der Waals surface area contributed by atoms with Gasteiger partial charge in [0.05, 0.1) is 17.1 Å². The van der Waals surface area contributed by atoms with Crippen molar-refractivity contribution in [1.82, 2.24) is 0 Å². The highest BCUT2D eigenvalue weighted by Gasteiger charge is 2.51. The van der Waals surface area contributed by atoms with Crippen molar-refractivity contribution in [2.75, 3.05) is 0 Å². The lowest BCUT2D eigenvalue weighted by atomic mass is 9.57. The fourth-order valence-electron chi connectivity index (χ4n) is 2.90. The lowest BCUT2D eigenvalue weighted by molar-refractivity contribution is -0.127. The zero-order valence-corrected chi connectivity index (χ0v) is 10.6. The zero-order valence-electron chi connectivity index (χ0n) is 10.6. The predicted molar refractivity (Wildman–Crippen MR) is 61.1 cm³/mol. The van der Waals surface area contributed by atoms with Crippen molar-refractivity contribution in [1.29, 1.82) is 5.26 Å². The van der Waals surface area contributed by atoms with E-state index >= 15 is 0 Å². The molecule has 1 fully saturated rings. The quantitative estimate of drug-likeness (QED) is 0.721. The monoisotopic (exact) mass is 209 g/mol. The molecule has 15 heavy (non-hydrogen) atoms. The number of hydrogen-bond donors (Lipinski definition) is 1. The van der Waals surface area contributed by atoms with E-state index in [1.807, 2.05) is 13.8 Å². The van der Waals surface area contributed by atoms with Crippen molar-refractivity contribution >= 4 is 0 Å². The highest BCUT2D eigenvalue weighted by Crippen LogP contribution is 2.50. The molecule has 2 heteroatoms. The van der Waals surface area contributed by atoms with Crippen LogP contribution in [0.15, 0.2) is 0 Å². The van der Waals surface area contributed by atoms with E-state index in [0.717, 1.165) is 19.3 Å². The van der Waals surface area contributed by atoms with Crippen LogP contribution in [-0.4, -0.2) is 10.7 Å². The molecule has 0 aromatic heterocycles. The summed E-state index contributed by atoms with van der Waals surface area (Å²) in [4.78, 5) is 0. The SMILES string of the molecule is CC1CC(C)(C)CCC1(O)C(C)(C)C#N. The second-order valence-corrected chi connectivity index (χ2v) is 6.43. The van der Waals surface area contributed by atoms with Gasteiger partial charge in [0.2, 0.25) is 0 Å². The molecule has 0 aromatic rings. The number of hydrogen-bond acceptors (Lipinski definition) is 2. The fraction of sp³-hybridized carbons (Fsp3) is 0.923. The normalized spacial score (nSPS) is 35.9. The zero-order chi connectivity index (χ0) is 11.9. The van der Waals surface area contributed by atoms with Crippen LogP contribution in [0.25, 0.3) is 0 Å². The molecule has 2 unspecified atom stereocenters. The van der Waals surface area contributed by atoms with Crippen LogP contribution < -0.4 is 0 Å². The molecule has 0 aromatic carbocycles. The first kappa shape index (κ1) is 12.5. The molecule has 86 valence electrons. The number of nitriles is 1. The Hall–Kier alpha value is -0.550. The van der Waals surface area contributed by atoms with Gasteiger partial charge in [0.25, 0.3) is 0 Å². The van der Waals surface area contributed by atoms with Gasteiger partial charge in [-0.15, -0.1) is 0 Å². The Balaban J connectivity index is 2.95. The molecule has 2 nitrogen and oxygen atoms in total. The summed E-state index contributed by atoms with van der Waals surface area (Å²) in [6.07, 6.45) is 2.73. The van der Waals surface area contributed by atoms with E-state index in [4.69, 9.17) is 5.26 Å². The van der Waals surface area contributed by atoms with E-state index in [-0.39, 0.29) is 5.92 Å². The van der Waals surface area contributed by atoms with E-state index < -0.39 is 11.0 Å². The summed E-state index contributed by atoms with van der Waals surface area (Å²) >= 11 is 0. The topological polar surface area (TPSA) is 44.0 Å². The molecule has 1 saturated carbocycles. The molecule has 2 atom stereocenters. The van der Waals surface area contributed by atoms with Crippen LogP contribution in [0.3, 0.4) is 0 Å². The summed E-state index contributed by atoms with van der Waals surface area (Å²) in [5.41, 5.74) is -1.17. The maximum absolute atomic E-state index is 10.7. The molecule has 0 aliphatic heterocycles. The van der Waals surface area contributed by atoms with Crippen LogP contribution in [0.2, 0.25) is 0 Å². The molecule has 1 aliphatic carbocycles. The van der Waals surface area contributed by atoms with Crippen LogP contribution >= 0.6 is 0 Å². The Labute approximate surface area is 93.3 Å².